The summed E-state index contributed by atoms with van der Waals surface area (Å²) in [5, 5.41) is 3.08. The molecule has 1 heterocycles. The average molecular weight is 302 g/mol. The topological polar surface area (TPSA) is 49.4 Å². The normalized spacial score (nSPS) is 17.4. The maximum atomic E-state index is 12.5. The van der Waals surface area contributed by atoms with Crippen molar-refractivity contribution in [2.75, 3.05) is 20.6 Å². The van der Waals surface area contributed by atoms with Crippen molar-refractivity contribution in [3.05, 3.63) is 17.0 Å². The summed E-state index contributed by atoms with van der Waals surface area (Å²) in [6.07, 6.45) is 5.15. The third-order valence-electron chi connectivity index (χ3n) is 3.73. The molecule has 0 spiro atoms. The van der Waals surface area contributed by atoms with Crippen molar-refractivity contribution in [3.63, 3.8) is 0 Å². The van der Waals surface area contributed by atoms with Crippen molar-refractivity contribution >= 4 is 21.4 Å². The van der Waals surface area contributed by atoms with Crippen molar-refractivity contribution in [1.29, 1.82) is 0 Å². The van der Waals surface area contributed by atoms with Crippen molar-refractivity contribution in [1.82, 2.24) is 9.62 Å². The van der Waals surface area contributed by atoms with Crippen LogP contribution in [0, 0.1) is 0 Å². The molecule has 0 bridgehead atoms. The fourth-order valence-corrected chi connectivity index (χ4v) is 5.44. The molecule has 1 aliphatic rings. The van der Waals surface area contributed by atoms with E-state index in [1.807, 2.05) is 13.1 Å². The Bertz CT molecular complexity index is 504. The SMILES string of the molecule is CNCCc1ccc(S(=O)(=O)N(C)C2CCCC2)s1. The second-order valence-corrected chi connectivity index (χ2v) is 8.43. The Morgan fingerprint density at radius 3 is 2.68 bits per heavy atom. The Morgan fingerprint density at radius 1 is 1.37 bits per heavy atom. The quantitative estimate of drug-likeness (QED) is 0.875. The lowest BCUT2D eigenvalue weighted by Crippen LogP contribution is -2.34. The highest BCUT2D eigenvalue weighted by molar-refractivity contribution is 7.91. The van der Waals surface area contributed by atoms with E-state index in [9.17, 15) is 8.42 Å². The minimum Gasteiger partial charge on any atom is -0.319 e. The van der Waals surface area contributed by atoms with E-state index in [1.165, 1.54) is 11.3 Å². The van der Waals surface area contributed by atoms with E-state index in [1.54, 1.807) is 17.4 Å². The fraction of sp³-hybridized carbons (Fsp3) is 0.692. The highest BCUT2D eigenvalue weighted by Gasteiger charge is 2.30. The molecule has 2 rings (SSSR count). The second kappa shape index (κ2) is 6.35. The molecule has 0 atom stereocenters. The van der Waals surface area contributed by atoms with Gasteiger partial charge in [-0.05, 0) is 45.0 Å². The minimum atomic E-state index is -3.30. The Morgan fingerprint density at radius 2 is 2.05 bits per heavy atom. The van der Waals surface area contributed by atoms with Crippen LogP contribution in [0.1, 0.15) is 30.6 Å². The van der Waals surface area contributed by atoms with E-state index in [0.29, 0.717) is 4.21 Å². The van der Waals surface area contributed by atoms with Gasteiger partial charge in [0.1, 0.15) is 4.21 Å². The molecule has 0 unspecified atom stereocenters. The highest BCUT2D eigenvalue weighted by Crippen LogP contribution is 2.30. The van der Waals surface area contributed by atoms with E-state index in [2.05, 4.69) is 5.32 Å². The molecule has 1 saturated carbocycles. The molecule has 0 aliphatic heterocycles. The van der Waals surface area contributed by atoms with Crippen LogP contribution in [-0.2, 0) is 16.4 Å². The van der Waals surface area contributed by atoms with Gasteiger partial charge in [0, 0.05) is 18.0 Å². The lowest BCUT2D eigenvalue weighted by Gasteiger charge is -2.22. The molecule has 0 radical (unpaired) electrons. The predicted molar refractivity (Wildman–Crippen MR) is 79.2 cm³/mol. The van der Waals surface area contributed by atoms with E-state index in [0.717, 1.165) is 43.5 Å². The lowest BCUT2D eigenvalue weighted by molar-refractivity contribution is 0.374. The molecule has 1 aromatic heterocycles. The summed E-state index contributed by atoms with van der Waals surface area (Å²) in [6, 6.07) is 3.86. The third kappa shape index (κ3) is 3.37. The van der Waals surface area contributed by atoms with Crippen LogP contribution in [0.3, 0.4) is 0 Å². The number of hydrogen-bond acceptors (Lipinski definition) is 4. The van der Waals surface area contributed by atoms with Crippen molar-refractivity contribution < 1.29 is 8.42 Å². The molecule has 1 aromatic rings. The average Bonchev–Trinajstić information content (AvgIpc) is 3.06. The smallest absolute Gasteiger partial charge is 0.252 e. The Kier molecular flexibility index (Phi) is 5.00. The number of rotatable bonds is 6. The Labute approximate surface area is 119 Å². The van der Waals surface area contributed by atoms with Crippen LogP contribution in [0.2, 0.25) is 0 Å². The monoisotopic (exact) mass is 302 g/mol. The third-order valence-corrected chi connectivity index (χ3v) is 7.25. The highest BCUT2D eigenvalue weighted by atomic mass is 32.2. The molecule has 0 amide bonds. The van der Waals surface area contributed by atoms with Crippen molar-refractivity contribution in [2.24, 2.45) is 0 Å². The first-order chi connectivity index (χ1) is 9.05. The molecule has 108 valence electrons. The summed E-state index contributed by atoms with van der Waals surface area (Å²) in [6.45, 7) is 0.873. The van der Waals surface area contributed by atoms with Gasteiger partial charge in [-0.15, -0.1) is 11.3 Å². The molecule has 19 heavy (non-hydrogen) atoms. The predicted octanol–water partition coefficient (Wildman–Crippen LogP) is 2.07. The first kappa shape index (κ1) is 15.0. The fourth-order valence-electron chi connectivity index (χ4n) is 2.49. The van der Waals surface area contributed by atoms with Crippen LogP contribution in [-0.4, -0.2) is 39.4 Å². The van der Waals surface area contributed by atoms with E-state index in [4.69, 9.17) is 0 Å². The molecule has 1 fully saturated rings. The summed E-state index contributed by atoms with van der Waals surface area (Å²) in [5.41, 5.74) is 0. The molecule has 0 aromatic carbocycles. The Hall–Kier alpha value is -0.430. The van der Waals surface area contributed by atoms with Gasteiger partial charge in [0.25, 0.3) is 10.0 Å². The van der Waals surface area contributed by atoms with Crippen LogP contribution in [0.15, 0.2) is 16.3 Å². The zero-order valence-corrected chi connectivity index (χ0v) is 13.2. The molecule has 6 heteroatoms. The first-order valence-corrected chi connectivity index (χ1v) is 9.02. The standard InChI is InChI=1S/C13H22N2O2S2/c1-14-10-9-12-7-8-13(18-12)19(16,17)15(2)11-5-3-4-6-11/h7-8,11,14H,3-6,9-10H2,1-2H3. The Balaban J connectivity index is 2.12. The van der Waals surface area contributed by atoms with Gasteiger partial charge >= 0.3 is 0 Å². The largest absolute Gasteiger partial charge is 0.319 e. The number of nitrogens with zero attached hydrogens (tertiary/aromatic N) is 1. The van der Waals surface area contributed by atoms with Gasteiger partial charge in [-0.25, -0.2) is 8.42 Å². The van der Waals surface area contributed by atoms with Crippen LogP contribution in [0.25, 0.3) is 0 Å². The van der Waals surface area contributed by atoms with Gasteiger partial charge in [-0.1, -0.05) is 12.8 Å². The second-order valence-electron chi connectivity index (χ2n) is 5.03. The van der Waals surface area contributed by atoms with Crippen LogP contribution in [0.4, 0.5) is 0 Å². The van der Waals surface area contributed by atoms with Gasteiger partial charge in [0.15, 0.2) is 0 Å². The molecule has 0 saturated heterocycles. The minimum absolute atomic E-state index is 0.188. The van der Waals surface area contributed by atoms with Gasteiger partial charge < -0.3 is 5.32 Å². The number of sulfonamides is 1. The summed E-state index contributed by atoms with van der Waals surface area (Å²) in [5.74, 6) is 0. The molecule has 1 aliphatic carbocycles. The number of thiophene rings is 1. The maximum Gasteiger partial charge on any atom is 0.252 e. The lowest BCUT2D eigenvalue weighted by atomic mass is 10.3. The number of nitrogens with one attached hydrogen (secondary N) is 1. The summed E-state index contributed by atoms with van der Waals surface area (Å²) >= 11 is 1.40. The number of hydrogen-bond donors (Lipinski definition) is 1. The van der Waals surface area contributed by atoms with Crippen molar-refractivity contribution in [3.8, 4) is 0 Å². The van der Waals surface area contributed by atoms with Gasteiger partial charge in [-0.3, -0.25) is 0 Å². The molecule has 1 N–H and O–H groups in total. The van der Waals surface area contributed by atoms with E-state index in [-0.39, 0.29) is 6.04 Å². The van der Waals surface area contributed by atoms with Gasteiger partial charge in [0.05, 0.1) is 0 Å². The summed E-state index contributed by atoms with van der Waals surface area (Å²) in [7, 11) is 0.327. The maximum absolute atomic E-state index is 12.5. The zero-order valence-electron chi connectivity index (χ0n) is 11.6. The van der Waals surface area contributed by atoms with Crippen LogP contribution < -0.4 is 5.32 Å². The summed E-state index contributed by atoms with van der Waals surface area (Å²) in [4.78, 5) is 1.12. The van der Waals surface area contributed by atoms with E-state index >= 15 is 0 Å². The van der Waals surface area contributed by atoms with E-state index < -0.39 is 10.0 Å². The molecular formula is C13H22N2O2S2. The van der Waals surface area contributed by atoms with Crippen LogP contribution in [0.5, 0.6) is 0 Å². The zero-order chi connectivity index (χ0) is 13.9. The summed E-state index contributed by atoms with van der Waals surface area (Å²) < 4.78 is 27.1. The number of likely N-dealkylation sites (N-methyl/N-ethyl adjacent to an activating group) is 1. The van der Waals surface area contributed by atoms with Gasteiger partial charge in [-0.2, -0.15) is 4.31 Å². The van der Waals surface area contributed by atoms with Crippen LogP contribution >= 0.6 is 11.3 Å². The molecular weight excluding hydrogens is 280 g/mol. The first-order valence-electron chi connectivity index (χ1n) is 6.77. The van der Waals surface area contributed by atoms with Crippen molar-refractivity contribution in [2.45, 2.75) is 42.4 Å². The molecule has 4 nitrogen and oxygen atoms in total. The van der Waals surface area contributed by atoms with Gasteiger partial charge in [0.2, 0.25) is 0 Å².